The molecule has 3 aliphatic heterocycles. The monoisotopic (exact) mass is 783 g/mol. The van der Waals surface area contributed by atoms with Crippen LogP contribution in [0, 0.1) is 18.3 Å². The predicted octanol–water partition coefficient (Wildman–Crippen LogP) is 4.25. The molecule has 1 unspecified atom stereocenters. The number of nitrogens with zero attached hydrogens (tertiary/aromatic N) is 9. The van der Waals surface area contributed by atoms with Crippen molar-refractivity contribution in [2.75, 3.05) is 49.5 Å². The Kier molecular flexibility index (Phi) is 9.74. The number of benzene rings is 1. The Balaban J connectivity index is 0.783. The fourth-order valence-electron chi connectivity index (χ4n) is 9.42. The number of piperazine rings is 1. The van der Waals surface area contributed by atoms with Gasteiger partial charge in [-0.3, -0.25) is 39.2 Å². The second-order valence-electron chi connectivity index (χ2n) is 16.9. The molecule has 58 heavy (non-hydrogen) atoms. The summed E-state index contributed by atoms with van der Waals surface area (Å²) in [6, 6.07) is 16.3. The molecule has 0 bridgehead atoms. The minimum Gasteiger partial charge on any atom is -0.386 e. The molecule has 1 atom stereocenters. The summed E-state index contributed by atoms with van der Waals surface area (Å²) in [7, 11) is 0. The number of rotatable bonds is 8. The van der Waals surface area contributed by atoms with E-state index in [1.165, 1.54) is 10.7 Å². The number of carbonyl (C=O) groups excluding carboxylic acids is 3. The molecule has 15 heteroatoms. The molecular weight excluding hydrogens is 735 g/mol. The molecule has 0 radical (unpaired) electrons. The Hall–Kier alpha value is -5.69. The van der Waals surface area contributed by atoms with Crippen molar-refractivity contribution in [3.63, 3.8) is 0 Å². The largest absolute Gasteiger partial charge is 0.386 e. The number of amides is 3. The Morgan fingerprint density at radius 2 is 1.67 bits per heavy atom. The van der Waals surface area contributed by atoms with Gasteiger partial charge in [-0.25, -0.2) is 4.52 Å². The van der Waals surface area contributed by atoms with E-state index in [0.29, 0.717) is 53.0 Å². The molecule has 3 amide bonds. The van der Waals surface area contributed by atoms with Crippen LogP contribution in [-0.2, 0) is 15.2 Å². The van der Waals surface area contributed by atoms with Gasteiger partial charge in [-0.15, -0.1) is 0 Å². The van der Waals surface area contributed by atoms with E-state index in [1.807, 2.05) is 25.1 Å². The van der Waals surface area contributed by atoms with Gasteiger partial charge >= 0.3 is 0 Å². The lowest BCUT2D eigenvalue weighted by atomic mass is 9.89. The molecule has 300 valence electrons. The first kappa shape index (κ1) is 37.9. The van der Waals surface area contributed by atoms with Crippen LogP contribution in [0.2, 0.25) is 0 Å². The van der Waals surface area contributed by atoms with Gasteiger partial charge in [0.1, 0.15) is 11.8 Å². The van der Waals surface area contributed by atoms with E-state index in [0.717, 1.165) is 92.9 Å². The molecule has 7 heterocycles. The number of aliphatic hydroxyl groups is 1. The zero-order valence-corrected chi connectivity index (χ0v) is 33.2. The Bertz CT molecular complexity index is 2460. The lowest BCUT2D eigenvalue weighted by Crippen LogP contribution is -2.64. The van der Waals surface area contributed by atoms with Crippen LogP contribution >= 0.6 is 0 Å². The number of nitrogens with one attached hydrogen (secondary N) is 2. The molecule has 15 nitrogen and oxygen atoms in total. The molecule has 4 fully saturated rings. The second-order valence-corrected chi connectivity index (χ2v) is 16.9. The standard InChI is InChI=1S/C43H49N11O4/c1-26-38(12-10-35(46-26)33-9-13-40(55)48-41(33)56)52-24-32(25-52)51-16-14-50(15-17-51)29-4-6-30(7-5-29)53-23-28-19-37(34(43(2,3)58)20-36(28)49-53)47-42(57)39-11-8-31-18-27(21-44)22-45-54(31)39/h8,10-12,18-20,22-23,29-30,32-33,58H,4-7,9,13-17,24-25H2,1-3H3,(H,47,57)(H,48,55,56)/t29-,30-,33?. The fourth-order valence-corrected chi connectivity index (χ4v) is 9.42. The molecule has 9 rings (SSSR count). The van der Waals surface area contributed by atoms with Crippen molar-refractivity contribution < 1.29 is 19.5 Å². The van der Waals surface area contributed by atoms with Crippen molar-refractivity contribution >= 4 is 45.5 Å². The number of aryl methyl sites for hydroxylation is 1. The Labute approximate surface area is 336 Å². The second kappa shape index (κ2) is 14.9. The Morgan fingerprint density at radius 1 is 0.948 bits per heavy atom. The van der Waals surface area contributed by atoms with Gasteiger partial charge in [0.15, 0.2) is 0 Å². The summed E-state index contributed by atoms with van der Waals surface area (Å²) >= 11 is 0. The normalized spacial score (nSPS) is 22.5. The van der Waals surface area contributed by atoms with E-state index in [2.05, 4.69) is 53.4 Å². The molecular formula is C43H49N11O4. The van der Waals surface area contributed by atoms with E-state index in [9.17, 15) is 24.8 Å². The molecule has 5 aromatic rings. The van der Waals surface area contributed by atoms with E-state index in [-0.39, 0.29) is 29.7 Å². The zero-order chi connectivity index (χ0) is 40.3. The molecule has 1 saturated carbocycles. The van der Waals surface area contributed by atoms with Gasteiger partial charge < -0.3 is 15.3 Å². The zero-order valence-electron chi connectivity index (χ0n) is 33.2. The number of hydrogen-bond acceptors (Lipinski definition) is 11. The van der Waals surface area contributed by atoms with Gasteiger partial charge in [-0.1, -0.05) is 0 Å². The van der Waals surface area contributed by atoms with E-state index < -0.39 is 5.60 Å². The van der Waals surface area contributed by atoms with Crippen molar-refractivity contribution in [3.8, 4) is 6.07 Å². The van der Waals surface area contributed by atoms with Crippen molar-refractivity contribution in [2.24, 2.45) is 0 Å². The van der Waals surface area contributed by atoms with Gasteiger partial charge in [-0.2, -0.15) is 15.5 Å². The van der Waals surface area contributed by atoms with E-state index >= 15 is 0 Å². The van der Waals surface area contributed by atoms with Crippen LogP contribution in [-0.4, -0.2) is 108 Å². The first-order valence-corrected chi connectivity index (χ1v) is 20.4. The Morgan fingerprint density at radius 3 is 2.36 bits per heavy atom. The van der Waals surface area contributed by atoms with Gasteiger partial charge in [0.05, 0.1) is 57.4 Å². The molecule has 3 N–H and O–H groups in total. The van der Waals surface area contributed by atoms with Crippen LogP contribution in [0.3, 0.4) is 0 Å². The highest BCUT2D eigenvalue weighted by atomic mass is 16.3. The smallest absolute Gasteiger partial charge is 0.274 e. The van der Waals surface area contributed by atoms with Crippen LogP contribution in [0.25, 0.3) is 16.4 Å². The number of anilines is 2. The maximum atomic E-state index is 13.5. The highest BCUT2D eigenvalue weighted by Gasteiger charge is 2.37. The van der Waals surface area contributed by atoms with E-state index in [1.54, 1.807) is 32.0 Å². The van der Waals surface area contributed by atoms with Crippen LogP contribution in [0.1, 0.15) is 97.3 Å². The summed E-state index contributed by atoms with van der Waals surface area (Å²) in [5, 5.41) is 36.0. The minimum atomic E-state index is -1.23. The number of pyridine rings is 1. The quantitative estimate of drug-likeness (QED) is 0.192. The molecule has 1 aliphatic carbocycles. The lowest BCUT2D eigenvalue weighted by molar-refractivity contribution is -0.134. The number of imide groups is 1. The highest BCUT2D eigenvalue weighted by molar-refractivity contribution is 6.05. The lowest BCUT2D eigenvalue weighted by Gasteiger charge is -2.50. The number of hydrogen-bond donors (Lipinski definition) is 3. The van der Waals surface area contributed by atoms with Crippen LogP contribution in [0.4, 0.5) is 11.4 Å². The number of aromatic nitrogens is 5. The predicted molar refractivity (Wildman–Crippen MR) is 217 cm³/mol. The van der Waals surface area contributed by atoms with Crippen molar-refractivity contribution in [2.45, 2.75) is 88.9 Å². The maximum absolute atomic E-state index is 13.5. The SMILES string of the molecule is Cc1nc(C2CCC(=O)NC2=O)ccc1N1CC(N2CCN([C@H]3CC[C@H](n4cc5cc(NC(=O)c6ccc7cc(C#N)cnn67)c(C(C)(C)O)cc5n4)CC3)CC2)C1. The third kappa shape index (κ3) is 7.20. The summed E-state index contributed by atoms with van der Waals surface area (Å²) < 4.78 is 3.58. The molecule has 0 spiro atoms. The van der Waals surface area contributed by atoms with Gasteiger partial charge in [0.25, 0.3) is 5.91 Å². The summed E-state index contributed by atoms with van der Waals surface area (Å²) in [6.45, 7) is 11.6. The van der Waals surface area contributed by atoms with Gasteiger partial charge in [-0.05, 0) is 95.3 Å². The number of fused-ring (bicyclic) bond motifs is 2. The number of carbonyl (C=O) groups is 3. The highest BCUT2D eigenvalue weighted by Crippen LogP contribution is 2.36. The number of piperidine rings is 1. The number of nitriles is 1. The van der Waals surface area contributed by atoms with Crippen molar-refractivity contribution in [1.82, 2.24) is 39.5 Å². The average Bonchev–Trinajstić information content (AvgIpc) is 3.82. The van der Waals surface area contributed by atoms with Crippen molar-refractivity contribution in [3.05, 3.63) is 83.1 Å². The summed E-state index contributed by atoms with van der Waals surface area (Å²) in [5.41, 5.74) is 4.80. The first-order valence-electron chi connectivity index (χ1n) is 20.4. The topological polar surface area (TPSA) is 177 Å². The summed E-state index contributed by atoms with van der Waals surface area (Å²) in [6.07, 6.45) is 8.66. The summed E-state index contributed by atoms with van der Waals surface area (Å²) in [5.74, 6) is -1.19. The average molecular weight is 784 g/mol. The van der Waals surface area contributed by atoms with E-state index in [4.69, 9.17) is 10.1 Å². The van der Waals surface area contributed by atoms with Gasteiger partial charge in [0.2, 0.25) is 11.8 Å². The minimum absolute atomic E-state index is 0.209. The molecule has 1 aromatic carbocycles. The van der Waals surface area contributed by atoms with Crippen LogP contribution in [0.15, 0.2) is 54.9 Å². The maximum Gasteiger partial charge on any atom is 0.274 e. The summed E-state index contributed by atoms with van der Waals surface area (Å²) in [4.78, 5) is 49.9. The molecule has 4 aromatic heterocycles. The third-order valence-electron chi connectivity index (χ3n) is 12.7. The van der Waals surface area contributed by atoms with Crippen LogP contribution < -0.4 is 15.5 Å². The van der Waals surface area contributed by atoms with Crippen LogP contribution in [0.5, 0.6) is 0 Å². The van der Waals surface area contributed by atoms with Gasteiger partial charge in [0, 0.05) is 80.6 Å². The first-order chi connectivity index (χ1) is 27.9. The third-order valence-corrected chi connectivity index (χ3v) is 12.7. The molecule has 3 saturated heterocycles. The molecule has 4 aliphatic rings. The van der Waals surface area contributed by atoms with Crippen molar-refractivity contribution in [1.29, 1.82) is 5.26 Å². The fraction of sp³-hybridized carbons (Fsp3) is 0.465.